The summed E-state index contributed by atoms with van der Waals surface area (Å²) in [4.78, 5) is 14.6. The second-order valence-corrected chi connectivity index (χ2v) is 7.42. The minimum atomic E-state index is -0.254. The van der Waals surface area contributed by atoms with E-state index in [0.29, 0.717) is 24.0 Å². The van der Waals surface area contributed by atoms with Gasteiger partial charge in [0.1, 0.15) is 17.7 Å². The van der Waals surface area contributed by atoms with Crippen LogP contribution in [0.3, 0.4) is 0 Å². The Morgan fingerprint density at radius 1 is 1.20 bits per heavy atom. The SMILES string of the molecule is CC(CC(=O)N1CCC(Oc2ccc(F)cc2)CC1)C1CCNCC1. The lowest BCUT2D eigenvalue weighted by Crippen LogP contribution is -2.43. The van der Waals surface area contributed by atoms with E-state index in [4.69, 9.17) is 4.74 Å². The molecular formula is C20H29FN2O2. The van der Waals surface area contributed by atoms with E-state index in [9.17, 15) is 9.18 Å². The standard InChI is InChI=1S/C20H29FN2O2/c1-15(16-6-10-22-11-7-16)14-20(24)23-12-8-19(9-13-23)25-18-4-2-17(21)3-5-18/h2-5,15-16,19,22H,6-14H2,1H3. The Hall–Kier alpha value is -1.62. The van der Waals surface area contributed by atoms with E-state index in [1.807, 2.05) is 4.90 Å². The van der Waals surface area contributed by atoms with Crippen molar-refractivity contribution in [2.24, 2.45) is 11.8 Å². The molecule has 1 unspecified atom stereocenters. The van der Waals surface area contributed by atoms with Crippen LogP contribution in [0.25, 0.3) is 0 Å². The highest BCUT2D eigenvalue weighted by molar-refractivity contribution is 5.76. The number of carbonyl (C=O) groups is 1. The molecule has 0 bridgehead atoms. The van der Waals surface area contributed by atoms with Crippen LogP contribution in [-0.4, -0.2) is 43.1 Å². The summed E-state index contributed by atoms with van der Waals surface area (Å²) in [5.41, 5.74) is 0. The molecule has 4 nitrogen and oxygen atoms in total. The van der Waals surface area contributed by atoms with E-state index in [0.717, 1.165) is 39.0 Å². The lowest BCUT2D eigenvalue weighted by atomic mass is 9.84. The van der Waals surface area contributed by atoms with E-state index in [1.165, 1.54) is 25.0 Å². The summed E-state index contributed by atoms with van der Waals surface area (Å²) in [5.74, 6) is 1.86. The molecule has 25 heavy (non-hydrogen) atoms. The van der Waals surface area contributed by atoms with Crippen LogP contribution >= 0.6 is 0 Å². The van der Waals surface area contributed by atoms with Gasteiger partial charge in [0.2, 0.25) is 5.91 Å². The second-order valence-electron chi connectivity index (χ2n) is 7.42. The number of likely N-dealkylation sites (tertiary alicyclic amines) is 1. The van der Waals surface area contributed by atoms with Crippen molar-refractivity contribution < 1.29 is 13.9 Å². The van der Waals surface area contributed by atoms with Gasteiger partial charge in [-0.15, -0.1) is 0 Å². The quantitative estimate of drug-likeness (QED) is 0.888. The number of piperidine rings is 2. The normalized spacial score (nSPS) is 21.1. The van der Waals surface area contributed by atoms with E-state index >= 15 is 0 Å². The van der Waals surface area contributed by atoms with Gasteiger partial charge in [0.05, 0.1) is 0 Å². The fourth-order valence-electron chi connectivity index (χ4n) is 3.91. The van der Waals surface area contributed by atoms with Gasteiger partial charge in [0.15, 0.2) is 0 Å². The third-order valence-corrected chi connectivity index (χ3v) is 5.60. The first-order chi connectivity index (χ1) is 12.1. The van der Waals surface area contributed by atoms with Crippen molar-refractivity contribution >= 4 is 5.91 Å². The van der Waals surface area contributed by atoms with Crippen molar-refractivity contribution in [2.45, 2.75) is 45.1 Å². The second kappa shape index (κ2) is 8.65. The Labute approximate surface area is 149 Å². The summed E-state index contributed by atoms with van der Waals surface area (Å²) in [6.45, 7) is 5.89. The van der Waals surface area contributed by atoms with Crippen LogP contribution in [0.4, 0.5) is 4.39 Å². The van der Waals surface area contributed by atoms with Gasteiger partial charge in [-0.3, -0.25) is 4.79 Å². The maximum Gasteiger partial charge on any atom is 0.222 e. The van der Waals surface area contributed by atoms with E-state index in [-0.39, 0.29) is 17.8 Å². The Morgan fingerprint density at radius 3 is 2.48 bits per heavy atom. The lowest BCUT2D eigenvalue weighted by molar-refractivity contribution is -0.134. The van der Waals surface area contributed by atoms with E-state index in [2.05, 4.69) is 12.2 Å². The predicted molar refractivity (Wildman–Crippen MR) is 96.0 cm³/mol. The smallest absolute Gasteiger partial charge is 0.222 e. The lowest BCUT2D eigenvalue weighted by Gasteiger charge is -2.34. The van der Waals surface area contributed by atoms with E-state index < -0.39 is 0 Å². The molecule has 0 radical (unpaired) electrons. The van der Waals surface area contributed by atoms with E-state index in [1.54, 1.807) is 12.1 Å². The predicted octanol–water partition coefficient (Wildman–Crippen LogP) is 3.22. The molecule has 0 saturated carbocycles. The minimum Gasteiger partial charge on any atom is -0.490 e. The van der Waals surface area contributed by atoms with Crippen molar-refractivity contribution in [1.82, 2.24) is 10.2 Å². The number of rotatable bonds is 5. The van der Waals surface area contributed by atoms with Crippen molar-refractivity contribution in [3.8, 4) is 5.75 Å². The van der Waals surface area contributed by atoms with Crippen LogP contribution < -0.4 is 10.1 Å². The zero-order chi connectivity index (χ0) is 17.6. The van der Waals surface area contributed by atoms with Gasteiger partial charge in [-0.1, -0.05) is 6.92 Å². The zero-order valence-corrected chi connectivity index (χ0v) is 15.0. The number of ether oxygens (including phenoxy) is 1. The number of amides is 1. The van der Waals surface area contributed by atoms with Crippen molar-refractivity contribution in [3.05, 3.63) is 30.1 Å². The van der Waals surface area contributed by atoms with Gasteiger partial charge in [-0.05, 0) is 62.0 Å². The molecule has 5 heteroatoms. The molecule has 2 heterocycles. The van der Waals surface area contributed by atoms with Gasteiger partial charge in [-0.25, -0.2) is 4.39 Å². The third kappa shape index (κ3) is 5.18. The molecular weight excluding hydrogens is 319 g/mol. The number of halogens is 1. The van der Waals surface area contributed by atoms with Crippen LogP contribution in [0.15, 0.2) is 24.3 Å². The fourth-order valence-corrected chi connectivity index (χ4v) is 3.91. The average Bonchev–Trinajstić information content (AvgIpc) is 2.65. The number of hydrogen-bond acceptors (Lipinski definition) is 3. The van der Waals surface area contributed by atoms with Crippen LogP contribution in [0.1, 0.15) is 39.0 Å². The molecule has 2 aliphatic heterocycles. The van der Waals surface area contributed by atoms with Gasteiger partial charge < -0.3 is 15.0 Å². The van der Waals surface area contributed by atoms with Crippen LogP contribution in [0, 0.1) is 17.7 Å². The van der Waals surface area contributed by atoms with Gasteiger partial charge >= 0.3 is 0 Å². The summed E-state index contributed by atoms with van der Waals surface area (Å²) in [7, 11) is 0. The highest BCUT2D eigenvalue weighted by Gasteiger charge is 2.27. The van der Waals surface area contributed by atoms with Crippen molar-refractivity contribution in [2.75, 3.05) is 26.2 Å². The van der Waals surface area contributed by atoms with Crippen molar-refractivity contribution in [1.29, 1.82) is 0 Å². The van der Waals surface area contributed by atoms with Gasteiger partial charge in [0.25, 0.3) is 0 Å². The molecule has 2 fully saturated rings. The Bertz CT molecular complexity index is 549. The maximum atomic E-state index is 12.9. The summed E-state index contributed by atoms with van der Waals surface area (Å²) >= 11 is 0. The molecule has 1 aromatic carbocycles. The Kier molecular flexibility index (Phi) is 6.29. The minimum absolute atomic E-state index is 0.108. The number of hydrogen-bond donors (Lipinski definition) is 1. The first-order valence-corrected chi connectivity index (χ1v) is 9.52. The number of benzene rings is 1. The molecule has 1 atom stereocenters. The highest BCUT2D eigenvalue weighted by Crippen LogP contribution is 2.26. The summed E-state index contributed by atoms with van der Waals surface area (Å²) in [5, 5.41) is 3.38. The third-order valence-electron chi connectivity index (χ3n) is 5.60. The average molecular weight is 348 g/mol. The summed E-state index contributed by atoms with van der Waals surface area (Å²) in [6.07, 6.45) is 4.81. The van der Waals surface area contributed by atoms with Crippen LogP contribution in [0.2, 0.25) is 0 Å². The Balaban J connectivity index is 1.41. The zero-order valence-electron chi connectivity index (χ0n) is 15.0. The largest absolute Gasteiger partial charge is 0.490 e. The maximum absolute atomic E-state index is 12.9. The molecule has 0 spiro atoms. The molecule has 1 N–H and O–H groups in total. The van der Waals surface area contributed by atoms with Crippen LogP contribution in [0.5, 0.6) is 5.75 Å². The van der Waals surface area contributed by atoms with Gasteiger partial charge in [-0.2, -0.15) is 0 Å². The topological polar surface area (TPSA) is 41.6 Å². The summed E-state index contributed by atoms with van der Waals surface area (Å²) in [6, 6.07) is 6.15. The van der Waals surface area contributed by atoms with Crippen molar-refractivity contribution in [3.63, 3.8) is 0 Å². The first-order valence-electron chi connectivity index (χ1n) is 9.52. The fraction of sp³-hybridized carbons (Fsp3) is 0.650. The molecule has 0 aliphatic carbocycles. The monoisotopic (exact) mass is 348 g/mol. The number of carbonyl (C=O) groups excluding carboxylic acids is 1. The molecule has 1 amide bonds. The Morgan fingerprint density at radius 2 is 1.84 bits per heavy atom. The molecule has 3 rings (SSSR count). The number of nitrogens with one attached hydrogen (secondary N) is 1. The first kappa shape index (κ1) is 18.2. The number of nitrogens with zero attached hydrogens (tertiary/aromatic N) is 1. The molecule has 0 aromatic heterocycles. The molecule has 138 valence electrons. The van der Waals surface area contributed by atoms with Gasteiger partial charge in [0, 0.05) is 32.4 Å². The molecule has 2 saturated heterocycles. The summed E-state index contributed by atoms with van der Waals surface area (Å²) < 4.78 is 18.8. The van der Waals surface area contributed by atoms with Crippen LogP contribution in [-0.2, 0) is 4.79 Å². The molecule has 1 aromatic rings. The molecule has 2 aliphatic rings. The highest BCUT2D eigenvalue weighted by atomic mass is 19.1.